The van der Waals surface area contributed by atoms with E-state index in [0.29, 0.717) is 0 Å². The maximum Gasteiger partial charge on any atom is 0.123 e. The van der Waals surface area contributed by atoms with E-state index < -0.39 is 0 Å². The number of aryl methyl sites for hydroxylation is 1. The van der Waals surface area contributed by atoms with E-state index >= 15 is 0 Å². The molecule has 0 amide bonds. The second kappa shape index (κ2) is 7.42. The minimum atomic E-state index is -0.215. The van der Waals surface area contributed by atoms with Crippen molar-refractivity contribution >= 4 is 11.8 Å². The minimum Gasteiger partial charge on any atom is -0.335 e. The highest BCUT2D eigenvalue weighted by atomic mass is 32.2. The molecule has 0 saturated heterocycles. The standard InChI is InChI=1S/C14H19FN4S/c1-2-19-8-7-17-14(19)9-12(18-16)10-20-13-5-3-11(15)4-6-13/h3-8,12,18H,2,9-10,16H2,1H3. The summed E-state index contributed by atoms with van der Waals surface area (Å²) in [5.41, 5.74) is 2.83. The van der Waals surface area contributed by atoms with E-state index in [2.05, 4.69) is 21.9 Å². The van der Waals surface area contributed by atoms with Crippen molar-refractivity contribution in [3.63, 3.8) is 0 Å². The fourth-order valence-corrected chi connectivity index (χ4v) is 2.87. The molecule has 0 spiro atoms. The average molecular weight is 294 g/mol. The first-order valence-electron chi connectivity index (χ1n) is 6.57. The van der Waals surface area contributed by atoms with E-state index in [0.717, 1.165) is 29.4 Å². The summed E-state index contributed by atoms with van der Waals surface area (Å²) in [6.45, 7) is 2.99. The van der Waals surface area contributed by atoms with Crippen molar-refractivity contribution in [2.24, 2.45) is 5.84 Å². The molecule has 1 heterocycles. The summed E-state index contributed by atoms with van der Waals surface area (Å²) in [7, 11) is 0. The number of hydrazine groups is 1. The number of hydrogen-bond acceptors (Lipinski definition) is 4. The summed E-state index contributed by atoms with van der Waals surface area (Å²) in [5.74, 6) is 7.22. The first-order valence-corrected chi connectivity index (χ1v) is 7.56. The van der Waals surface area contributed by atoms with Gasteiger partial charge in [-0.1, -0.05) is 0 Å². The van der Waals surface area contributed by atoms with Gasteiger partial charge in [0, 0.05) is 42.0 Å². The maximum atomic E-state index is 12.8. The van der Waals surface area contributed by atoms with E-state index in [1.54, 1.807) is 30.1 Å². The lowest BCUT2D eigenvalue weighted by Crippen LogP contribution is -2.39. The Morgan fingerprint density at radius 2 is 2.15 bits per heavy atom. The summed E-state index contributed by atoms with van der Waals surface area (Å²) in [5, 5.41) is 0. The van der Waals surface area contributed by atoms with Crippen molar-refractivity contribution < 1.29 is 4.39 Å². The molecule has 1 aromatic heterocycles. The van der Waals surface area contributed by atoms with Crippen molar-refractivity contribution in [3.05, 3.63) is 48.3 Å². The first kappa shape index (κ1) is 15.0. The monoisotopic (exact) mass is 294 g/mol. The number of hydrogen-bond donors (Lipinski definition) is 2. The predicted molar refractivity (Wildman–Crippen MR) is 79.8 cm³/mol. The van der Waals surface area contributed by atoms with Crippen LogP contribution in [-0.2, 0) is 13.0 Å². The predicted octanol–water partition coefficient (Wildman–Crippen LogP) is 2.21. The second-order valence-corrected chi connectivity index (χ2v) is 5.56. The topological polar surface area (TPSA) is 55.9 Å². The Labute approximate surface area is 122 Å². The fourth-order valence-electron chi connectivity index (χ4n) is 1.93. The molecule has 108 valence electrons. The van der Waals surface area contributed by atoms with Crippen molar-refractivity contribution in [2.75, 3.05) is 5.75 Å². The van der Waals surface area contributed by atoms with Crippen LogP contribution in [0.2, 0.25) is 0 Å². The van der Waals surface area contributed by atoms with E-state index in [9.17, 15) is 4.39 Å². The number of benzene rings is 1. The summed E-state index contributed by atoms with van der Waals surface area (Å²) >= 11 is 1.65. The van der Waals surface area contributed by atoms with Gasteiger partial charge in [-0.05, 0) is 31.2 Å². The van der Waals surface area contributed by atoms with Gasteiger partial charge in [0.05, 0.1) is 0 Å². The second-order valence-electron chi connectivity index (χ2n) is 4.46. The van der Waals surface area contributed by atoms with Crippen LogP contribution in [0.3, 0.4) is 0 Å². The molecular formula is C14H19FN4S. The molecule has 0 aliphatic heterocycles. The van der Waals surface area contributed by atoms with Crippen LogP contribution in [0.25, 0.3) is 0 Å². The molecule has 0 fully saturated rings. The Kier molecular flexibility index (Phi) is 5.58. The maximum absolute atomic E-state index is 12.8. The quantitative estimate of drug-likeness (QED) is 0.467. The summed E-state index contributed by atoms with van der Waals surface area (Å²) in [4.78, 5) is 5.38. The van der Waals surface area contributed by atoms with Gasteiger partial charge in [0.25, 0.3) is 0 Å². The Morgan fingerprint density at radius 1 is 1.40 bits per heavy atom. The number of nitrogens with zero attached hydrogens (tertiary/aromatic N) is 2. The molecule has 0 radical (unpaired) electrons. The molecular weight excluding hydrogens is 275 g/mol. The molecule has 3 N–H and O–H groups in total. The SMILES string of the molecule is CCn1ccnc1CC(CSc1ccc(F)cc1)NN. The fraction of sp³-hybridized carbons (Fsp3) is 0.357. The van der Waals surface area contributed by atoms with E-state index in [1.165, 1.54) is 12.1 Å². The Bertz CT molecular complexity index is 526. The summed E-state index contributed by atoms with van der Waals surface area (Å²) < 4.78 is 14.9. The van der Waals surface area contributed by atoms with Crippen LogP contribution in [0.1, 0.15) is 12.7 Å². The average Bonchev–Trinajstić information content (AvgIpc) is 2.92. The third-order valence-corrected chi connectivity index (χ3v) is 4.25. The molecule has 0 aliphatic carbocycles. The largest absolute Gasteiger partial charge is 0.335 e. The Balaban J connectivity index is 1.90. The van der Waals surface area contributed by atoms with Crippen LogP contribution in [0.4, 0.5) is 4.39 Å². The number of nitrogens with two attached hydrogens (primary N) is 1. The van der Waals surface area contributed by atoms with Crippen LogP contribution in [0.5, 0.6) is 0 Å². The van der Waals surface area contributed by atoms with Gasteiger partial charge in [0.2, 0.25) is 0 Å². The van der Waals surface area contributed by atoms with Gasteiger partial charge in [-0.15, -0.1) is 11.8 Å². The van der Waals surface area contributed by atoms with Gasteiger partial charge in [-0.2, -0.15) is 0 Å². The van der Waals surface area contributed by atoms with Gasteiger partial charge in [0.1, 0.15) is 11.6 Å². The Hall–Kier alpha value is -1.37. The molecule has 0 aliphatic rings. The lowest BCUT2D eigenvalue weighted by molar-refractivity contribution is 0.543. The molecule has 0 bridgehead atoms. The molecule has 20 heavy (non-hydrogen) atoms. The molecule has 1 atom stereocenters. The highest BCUT2D eigenvalue weighted by Gasteiger charge is 2.12. The summed E-state index contributed by atoms with van der Waals surface area (Å²) in [6.07, 6.45) is 4.54. The third-order valence-electron chi connectivity index (χ3n) is 3.07. The third kappa shape index (κ3) is 4.06. The van der Waals surface area contributed by atoms with E-state index in [1.807, 2.05) is 6.20 Å². The number of aromatic nitrogens is 2. The number of thioether (sulfide) groups is 1. The molecule has 4 nitrogen and oxygen atoms in total. The first-order chi connectivity index (χ1) is 9.72. The Morgan fingerprint density at radius 3 is 2.80 bits per heavy atom. The van der Waals surface area contributed by atoms with Crippen LogP contribution in [0, 0.1) is 5.82 Å². The van der Waals surface area contributed by atoms with E-state index in [-0.39, 0.29) is 11.9 Å². The highest BCUT2D eigenvalue weighted by Crippen LogP contribution is 2.19. The van der Waals surface area contributed by atoms with Crippen LogP contribution < -0.4 is 11.3 Å². The zero-order valence-electron chi connectivity index (χ0n) is 11.4. The highest BCUT2D eigenvalue weighted by molar-refractivity contribution is 7.99. The zero-order chi connectivity index (χ0) is 14.4. The lowest BCUT2D eigenvalue weighted by Gasteiger charge is -2.15. The number of rotatable bonds is 7. The normalized spacial score (nSPS) is 12.6. The van der Waals surface area contributed by atoms with Crippen LogP contribution in [-0.4, -0.2) is 21.3 Å². The number of imidazole rings is 1. The van der Waals surface area contributed by atoms with Crippen LogP contribution in [0.15, 0.2) is 41.6 Å². The van der Waals surface area contributed by atoms with Gasteiger partial charge >= 0.3 is 0 Å². The molecule has 1 unspecified atom stereocenters. The van der Waals surface area contributed by atoms with Gasteiger partial charge in [-0.25, -0.2) is 9.37 Å². The number of halogens is 1. The van der Waals surface area contributed by atoms with Crippen LogP contribution >= 0.6 is 11.8 Å². The summed E-state index contributed by atoms with van der Waals surface area (Å²) in [6, 6.07) is 6.62. The minimum absolute atomic E-state index is 0.123. The van der Waals surface area contributed by atoms with Gasteiger partial charge in [-0.3, -0.25) is 11.3 Å². The molecule has 2 rings (SSSR count). The molecule has 0 saturated carbocycles. The van der Waals surface area contributed by atoms with E-state index in [4.69, 9.17) is 5.84 Å². The van der Waals surface area contributed by atoms with Crippen molar-refractivity contribution in [1.29, 1.82) is 0 Å². The molecule has 1 aromatic carbocycles. The van der Waals surface area contributed by atoms with Crippen molar-refractivity contribution in [1.82, 2.24) is 15.0 Å². The van der Waals surface area contributed by atoms with Crippen molar-refractivity contribution in [2.45, 2.75) is 30.8 Å². The van der Waals surface area contributed by atoms with Gasteiger partial charge in [0.15, 0.2) is 0 Å². The lowest BCUT2D eigenvalue weighted by atomic mass is 10.2. The number of nitrogens with one attached hydrogen (secondary N) is 1. The smallest absolute Gasteiger partial charge is 0.123 e. The van der Waals surface area contributed by atoms with Gasteiger partial charge < -0.3 is 4.57 Å². The molecule has 2 aromatic rings. The molecule has 6 heteroatoms. The zero-order valence-corrected chi connectivity index (χ0v) is 12.2. The van der Waals surface area contributed by atoms with Crippen molar-refractivity contribution in [3.8, 4) is 0 Å².